The molecule has 252 valence electrons. The summed E-state index contributed by atoms with van der Waals surface area (Å²) < 4.78 is 11.3. The van der Waals surface area contributed by atoms with Gasteiger partial charge in [-0.3, -0.25) is 9.47 Å². The highest BCUT2D eigenvalue weighted by Crippen LogP contribution is 2.42. The number of hydrogen-bond acceptors (Lipinski definition) is 3. The number of rotatable bonds is 6. The van der Waals surface area contributed by atoms with Crippen LogP contribution in [0, 0.1) is 0 Å². The predicted octanol–water partition coefficient (Wildman–Crippen LogP) is 11.8. The fourth-order valence-corrected chi connectivity index (χ4v) is 7.91. The topological polar surface area (TPSA) is 35.2 Å². The molecule has 0 saturated heterocycles. The molecule has 0 N–H and O–H groups in total. The third kappa shape index (κ3) is 4.96. The molecule has 0 amide bonds. The number of ether oxygens (including phenoxy) is 1. The van der Waals surface area contributed by atoms with Crippen LogP contribution in [-0.4, -0.2) is 20.8 Å². The lowest BCUT2D eigenvalue weighted by molar-refractivity contribution is 0.314. The number of benzene rings is 5. The molecule has 5 heteroatoms. The molecule has 5 aromatic carbocycles. The molecular weight excluding hydrogens is 637 g/mol. The highest BCUT2D eigenvalue weighted by molar-refractivity contribution is 6.23. The van der Waals surface area contributed by atoms with E-state index in [4.69, 9.17) is 9.72 Å². The molecule has 1 aliphatic heterocycles. The van der Waals surface area contributed by atoms with E-state index in [0.717, 1.165) is 56.5 Å². The molecule has 1 unspecified atom stereocenters. The smallest absolute Gasteiger partial charge is 0.166 e. The highest BCUT2D eigenvalue weighted by Gasteiger charge is 2.26. The lowest BCUT2D eigenvalue weighted by atomic mass is 9.88. The van der Waals surface area contributed by atoms with Gasteiger partial charge in [0.05, 0.1) is 22.1 Å². The molecule has 0 saturated carbocycles. The molecule has 3 aromatic heterocycles. The first-order valence-corrected chi connectivity index (χ1v) is 17.8. The maximum atomic E-state index is 6.55. The summed E-state index contributed by atoms with van der Waals surface area (Å²) in [4.78, 5) is 7.64. The van der Waals surface area contributed by atoms with Gasteiger partial charge in [-0.25, -0.2) is 4.98 Å². The Kier molecular flexibility index (Phi) is 7.81. The number of fused-ring (bicyclic) bond motifs is 8. The van der Waals surface area contributed by atoms with Crippen molar-refractivity contribution in [2.24, 2.45) is 0 Å². The first kappa shape index (κ1) is 31.4. The molecule has 0 radical (unpaired) electrons. The standard InChI is InChI=1S/C47H38N4O/c1-4-6-8-20-35-32(3)49(31-52-43-26-16-13-23-38(43)34(35)5-2)44-27-17-28-45(48-44)51-42-25-15-12-22-37(42)40-30-29-39-36-21-11-14-24-41(36)50(46(39)47(40)51)33-18-9-7-10-19-33/h4-30,34H,2,31H2,1,3H3/b6-4-,20-8-,35-32-. The van der Waals surface area contributed by atoms with Gasteiger partial charge in [0.2, 0.25) is 0 Å². The van der Waals surface area contributed by atoms with Crippen LogP contribution in [0.25, 0.3) is 55.1 Å². The first-order chi connectivity index (χ1) is 25.7. The minimum Gasteiger partial charge on any atom is -0.472 e. The normalized spacial score (nSPS) is 16.6. The average molecular weight is 675 g/mol. The van der Waals surface area contributed by atoms with Crippen molar-refractivity contribution in [3.05, 3.63) is 187 Å². The molecule has 4 heterocycles. The lowest BCUT2D eigenvalue weighted by Crippen LogP contribution is -2.30. The number of pyridine rings is 1. The van der Waals surface area contributed by atoms with E-state index >= 15 is 0 Å². The van der Waals surface area contributed by atoms with Crippen molar-refractivity contribution in [3.8, 4) is 17.3 Å². The van der Waals surface area contributed by atoms with Crippen molar-refractivity contribution in [2.75, 3.05) is 11.6 Å². The number of para-hydroxylation sites is 4. The molecule has 0 aliphatic carbocycles. The lowest BCUT2D eigenvalue weighted by Gasteiger charge is -2.32. The zero-order valence-electron chi connectivity index (χ0n) is 29.3. The molecule has 0 spiro atoms. The van der Waals surface area contributed by atoms with Crippen LogP contribution >= 0.6 is 0 Å². The maximum Gasteiger partial charge on any atom is 0.166 e. The summed E-state index contributed by atoms with van der Waals surface area (Å²) in [5.41, 5.74) is 8.96. The van der Waals surface area contributed by atoms with E-state index in [1.54, 1.807) is 0 Å². The van der Waals surface area contributed by atoms with Crippen LogP contribution in [0.15, 0.2) is 182 Å². The fraction of sp³-hybridized carbons (Fsp3) is 0.0851. The number of nitrogens with zero attached hydrogens (tertiary/aromatic N) is 4. The van der Waals surface area contributed by atoms with Crippen LogP contribution in [0.1, 0.15) is 25.3 Å². The van der Waals surface area contributed by atoms with Crippen molar-refractivity contribution < 1.29 is 4.74 Å². The molecule has 9 rings (SSSR count). The Morgan fingerprint density at radius 3 is 2.02 bits per heavy atom. The second-order valence-electron chi connectivity index (χ2n) is 13.1. The van der Waals surface area contributed by atoms with Gasteiger partial charge in [-0.2, -0.15) is 0 Å². The summed E-state index contributed by atoms with van der Waals surface area (Å²) >= 11 is 0. The second kappa shape index (κ2) is 12.9. The van der Waals surface area contributed by atoms with Gasteiger partial charge in [-0.15, -0.1) is 6.58 Å². The molecular formula is C47H38N4O. The Morgan fingerprint density at radius 1 is 0.654 bits per heavy atom. The van der Waals surface area contributed by atoms with Crippen molar-refractivity contribution in [1.29, 1.82) is 0 Å². The van der Waals surface area contributed by atoms with Crippen LogP contribution in [0.2, 0.25) is 0 Å². The molecule has 1 atom stereocenters. The van der Waals surface area contributed by atoms with E-state index in [2.05, 4.69) is 167 Å². The highest BCUT2D eigenvalue weighted by atomic mass is 16.5. The van der Waals surface area contributed by atoms with Gasteiger partial charge in [0, 0.05) is 44.4 Å². The van der Waals surface area contributed by atoms with Gasteiger partial charge in [0.1, 0.15) is 17.4 Å². The van der Waals surface area contributed by atoms with Gasteiger partial charge >= 0.3 is 0 Å². The molecule has 0 fully saturated rings. The predicted molar refractivity (Wildman–Crippen MR) is 217 cm³/mol. The molecule has 5 nitrogen and oxygen atoms in total. The Hall–Kier alpha value is -6.59. The van der Waals surface area contributed by atoms with Crippen LogP contribution in [0.5, 0.6) is 5.75 Å². The number of hydrogen-bond donors (Lipinski definition) is 0. The molecule has 1 aliphatic rings. The molecule has 8 aromatic rings. The summed E-state index contributed by atoms with van der Waals surface area (Å²) in [5, 5.41) is 4.79. The second-order valence-corrected chi connectivity index (χ2v) is 13.1. The van der Waals surface area contributed by atoms with Crippen molar-refractivity contribution in [2.45, 2.75) is 19.8 Å². The summed E-state index contributed by atoms with van der Waals surface area (Å²) in [7, 11) is 0. The minimum atomic E-state index is -0.0609. The summed E-state index contributed by atoms with van der Waals surface area (Å²) in [6, 6.07) is 47.1. The Morgan fingerprint density at radius 2 is 1.29 bits per heavy atom. The van der Waals surface area contributed by atoms with Crippen LogP contribution in [-0.2, 0) is 0 Å². The summed E-state index contributed by atoms with van der Waals surface area (Å²) in [6.45, 7) is 8.75. The zero-order chi connectivity index (χ0) is 35.2. The average Bonchev–Trinajstić information content (AvgIpc) is 3.71. The van der Waals surface area contributed by atoms with Crippen molar-refractivity contribution in [3.63, 3.8) is 0 Å². The Labute approximate surface area is 303 Å². The molecule has 52 heavy (non-hydrogen) atoms. The van der Waals surface area contributed by atoms with Gasteiger partial charge in [-0.1, -0.05) is 121 Å². The van der Waals surface area contributed by atoms with E-state index in [9.17, 15) is 0 Å². The maximum absolute atomic E-state index is 6.55. The van der Waals surface area contributed by atoms with Gasteiger partial charge in [0.15, 0.2) is 6.73 Å². The van der Waals surface area contributed by atoms with Gasteiger partial charge in [-0.05, 0) is 61.9 Å². The van der Waals surface area contributed by atoms with E-state index in [1.165, 1.54) is 27.1 Å². The van der Waals surface area contributed by atoms with E-state index in [1.807, 2.05) is 31.2 Å². The van der Waals surface area contributed by atoms with Crippen molar-refractivity contribution >= 4 is 49.4 Å². The molecule has 0 bridgehead atoms. The quantitative estimate of drug-likeness (QED) is 0.130. The van der Waals surface area contributed by atoms with E-state index in [-0.39, 0.29) is 5.92 Å². The van der Waals surface area contributed by atoms with Crippen LogP contribution in [0.3, 0.4) is 0 Å². The third-order valence-electron chi connectivity index (χ3n) is 10.3. The monoisotopic (exact) mass is 674 g/mol. The Balaban J connectivity index is 1.31. The Bertz CT molecular complexity index is 2740. The largest absolute Gasteiger partial charge is 0.472 e. The third-order valence-corrected chi connectivity index (χ3v) is 10.3. The minimum absolute atomic E-state index is 0.0609. The fourth-order valence-electron chi connectivity index (χ4n) is 7.91. The number of anilines is 1. The number of allylic oxidation sites excluding steroid dienone is 7. The first-order valence-electron chi connectivity index (χ1n) is 17.8. The summed E-state index contributed by atoms with van der Waals surface area (Å²) in [6.07, 6.45) is 10.4. The van der Waals surface area contributed by atoms with Crippen molar-refractivity contribution in [1.82, 2.24) is 14.1 Å². The zero-order valence-corrected chi connectivity index (χ0v) is 29.3. The van der Waals surface area contributed by atoms with Gasteiger partial charge < -0.3 is 9.30 Å². The number of aromatic nitrogens is 3. The van der Waals surface area contributed by atoms with Gasteiger partial charge in [0.25, 0.3) is 0 Å². The van der Waals surface area contributed by atoms with E-state index in [0.29, 0.717) is 6.73 Å². The van der Waals surface area contributed by atoms with Crippen LogP contribution < -0.4 is 9.64 Å². The van der Waals surface area contributed by atoms with E-state index < -0.39 is 0 Å². The SMILES string of the molecule is C=CC1C(/C=C\C=C/C)=C(/C)N(c2cccc(-n3c4ccccc4c4ccc5c6ccccc6n(-c6ccccc6)c5c43)n2)COc2ccccc21. The summed E-state index contributed by atoms with van der Waals surface area (Å²) in [5.74, 6) is 2.42. The van der Waals surface area contributed by atoms with Crippen LogP contribution in [0.4, 0.5) is 5.82 Å².